The summed E-state index contributed by atoms with van der Waals surface area (Å²) >= 11 is 0. The van der Waals surface area contributed by atoms with Gasteiger partial charge in [-0.15, -0.1) is 0 Å². The zero-order valence-corrected chi connectivity index (χ0v) is 16.0. The average Bonchev–Trinajstić information content (AvgIpc) is 0. The Morgan fingerprint density at radius 2 is 0.600 bits per heavy atom. The van der Waals surface area contributed by atoms with Crippen LogP contribution in [0, 0.1) is 0 Å². The van der Waals surface area contributed by atoms with Crippen LogP contribution in [0.15, 0.2) is 0 Å². The summed E-state index contributed by atoms with van der Waals surface area (Å²) in [6, 6.07) is 0. The van der Waals surface area contributed by atoms with E-state index >= 15 is 0 Å². The van der Waals surface area contributed by atoms with E-state index in [1.165, 1.54) is 0 Å². The quantitative estimate of drug-likeness (QED) is 0.301. The van der Waals surface area contributed by atoms with E-state index in [1.807, 2.05) is 0 Å². The number of hydrogen-bond donors (Lipinski definition) is 0. The first-order valence-corrected chi connectivity index (χ1v) is 0. The van der Waals surface area contributed by atoms with Crippen LogP contribution in [0.2, 0.25) is 0 Å². The predicted octanol–water partition coefficient (Wildman–Crippen LogP) is -0.769. The Labute approximate surface area is 120 Å². The van der Waals surface area contributed by atoms with E-state index in [9.17, 15) is 0 Å². The third-order valence-corrected chi connectivity index (χ3v) is 0. The molecule has 0 aliphatic heterocycles. The van der Waals surface area contributed by atoms with E-state index in [0.717, 1.165) is 0 Å². The van der Waals surface area contributed by atoms with Gasteiger partial charge in [-0.1, -0.05) is 0 Å². The van der Waals surface area contributed by atoms with Crippen LogP contribution in [-0.2, 0) is 68.9 Å². The van der Waals surface area contributed by atoms with Gasteiger partial charge in [-0.2, -0.15) is 0 Å². The Hall–Kier alpha value is 4.10. The van der Waals surface area contributed by atoms with Crippen molar-refractivity contribution in [1.29, 1.82) is 0 Å². The topological polar surface area (TPSA) is 0 Å². The predicted molar refractivity (Wildman–Crippen MR) is 11.5 cm³/mol. The molecule has 0 spiro atoms. The summed E-state index contributed by atoms with van der Waals surface area (Å²) in [5.74, 6) is 0. The summed E-state index contributed by atoms with van der Waals surface area (Å²) in [4.78, 5) is 0. The zero-order chi connectivity index (χ0) is 0. The SMILES string of the molecule is [Ni].[Pb].[Pb].[Zr].[Zr]. The molecule has 0 aromatic carbocycles. The Balaban J connectivity index is 0. The van der Waals surface area contributed by atoms with Gasteiger partial charge >= 0.3 is 0 Å². The average molecular weight is 656 g/mol. The second-order valence-corrected chi connectivity index (χ2v) is 0. The largest absolute Gasteiger partial charge is 0 e. The Morgan fingerprint density at radius 1 is 0.600 bits per heavy atom. The van der Waals surface area contributed by atoms with E-state index < -0.39 is 0 Å². The summed E-state index contributed by atoms with van der Waals surface area (Å²) in [6.45, 7) is 0. The van der Waals surface area contributed by atoms with E-state index in [-0.39, 0.29) is 123 Å². The minimum atomic E-state index is 0. The summed E-state index contributed by atoms with van der Waals surface area (Å²) < 4.78 is 0. The molecule has 0 heterocycles. The maximum Gasteiger partial charge on any atom is 0 e. The van der Waals surface area contributed by atoms with Crippen molar-refractivity contribution in [3.8, 4) is 0 Å². The van der Waals surface area contributed by atoms with Crippen molar-refractivity contribution in [3.63, 3.8) is 0 Å². The van der Waals surface area contributed by atoms with E-state index in [4.69, 9.17) is 0 Å². The molecule has 0 amide bonds. The molecule has 0 saturated carbocycles. The molecule has 0 nitrogen and oxygen atoms in total. The maximum atomic E-state index is 0. The monoisotopic (exact) mass is 654 g/mol. The fourth-order valence-corrected chi connectivity index (χ4v) is 0. The van der Waals surface area contributed by atoms with Gasteiger partial charge in [0.2, 0.25) is 0 Å². The number of rotatable bonds is 0. The van der Waals surface area contributed by atoms with Crippen molar-refractivity contribution in [3.05, 3.63) is 0 Å². The summed E-state index contributed by atoms with van der Waals surface area (Å²) in [5, 5.41) is 0. The fraction of sp³-hybridized carbons (Fsp3) is 0. The molecule has 0 saturated heterocycles. The standard InChI is InChI=1S/Ni.2Pb.2Zr. The van der Waals surface area contributed by atoms with Crippen molar-refractivity contribution in [1.82, 2.24) is 0 Å². The Morgan fingerprint density at radius 3 is 0.600 bits per heavy atom. The number of hydrogen-bond acceptors (Lipinski definition) is 0. The molecule has 0 unspecified atom stereocenters. The molecule has 5 heavy (non-hydrogen) atoms. The molecule has 0 aromatic rings. The smallest absolute Gasteiger partial charge is 0 e. The van der Waals surface area contributed by atoms with Gasteiger partial charge in [0, 0.05) is 123 Å². The second kappa shape index (κ2) is 24.3. The first-order chi connectivity index (χ1) is 0. The van der Waals surface area contributed by atoms with E-state index in [2.05, 4.69) is 0 Å². The first kappa shape index (κ1) is 35.5. The van der Waals surface area contributed by atoms with Crippen LogP contribution in [0.5, 0.6) is 0 Å². The molecule has 8 radical (unpaired) electrons. The van der Waals surface area contributed by atoms with Gasteiger partial charge in [0.05, 0.1) is 0 Å². The van der Waals surface area contributed by atoms with Crippen molar-refractivity contribution in [2.24, 2.45) is 0 Å². The van der Waals surface area contributed by atoms with Crippen LogP contribution in [0.3, 0.4) is 0 Å². The van der Waals surface area contributed by atoms with Crippen molar-refractivity contribution in [2.75, 3.05) is 0 Å². The second-order valence-electron chi connectivity index (χ2n) is 0. The van der Waals surface area contributed by atoms with Crippen LogP contribution in [0.25, 0.3) is 0 Å². The zero-order valence-electron chi connectivity index (χ0n) is 2.32. The van der Waals surface area contributed by atoms with Gasteiger partial charge in [0.15, 0.2) is 0 Å². The van der Waals surface area contributed by atoms with Gasteiger partial charge in [0.1, 0.15) is 0 Å². The fourth-order valence-electron chi connectivity index (χ4n) is 0. The summed E-state index contributed by atoms with van der Waals surface area (Å²) in [6.07, 6.45) is 0. The molecule has 0 fully saturated rings. The van der Waals surface area contributed by atoms with Gasteiger partial charge in [-0.25, -0.2) is 0 Å². The third-order valence-electron chi connectivity index (χ3n) is 0. The minimum absolute atomic E-state index is 0. The molecular formula is NiPb2Zr2. The van der Waals surface area contributed by atoms with Crippen molar-refractivity contribution >= 4 is 54.6 Å². The summed E-state index contributed by atoms with van der Waals surface area (Å²) in [5.41, 5.74) is 0. The first-order valence-electron chi connectivity index (χ1n) is 0. The Bertz CT molecular complexity index is 7.61. The van der Waals surface area contributed by atoms with Crippen molar-refractivity contribution in [2.45, 2.75) is 0 Å². The van der Waals surface area contributed by atoms with Gasteiger partial charge in [-0.3, -0.25) is 0 Å². The molecule has 5 heteroatoms. The van der Waals surface area contributed by atoms with Crippen molar-refractivity contribution < 1.29 is 68.9 Å². The maximum absolute atomic E-state index is 0. The molecule has 0 atom stereocenters. The van der Waals surface area contributed by atoms with Crippen LogP contribution in [0.4, 0.5) is 0 Å². The van der Waals surface area contributed by atoms with Crippen LogP contribution >= 0.6 is 0 Å². The van der Waals surface area contributed by atoms with Crippen LogP contribution < -0.4 is 0 Å². The van der Waals surface area contributed by atoms with Gasteiger partial charge in [0.25, 0.3) is 0 Å². The molecule has 0 aromatic heterocycles. The molecular weight excluding hydrogens is 656 g/mol. The molecule has 0 N–H and O–H groups in total. The van der Waals surface area contributed by atoms with Crippen LogP contribution in [0.1, 0.15) is 0 Å². The molecule has 0 bridgehead atoms. The molecule has 0 aliphatic carbocycles. The molecule has 26 valence electrons. The molecule has 0 aliphatic rings. The normalized spacial score (nSPS) is 0. The van der Waals surface area contributed by atoms with E-state index in [0.29, 0.717) is 0 Å². The van der Waals surface area contributed by atoms with Crippen LogP contribution in [-0.4, -0.2) is 54.6 Å². The van der Waals surface area contributed by atoms with Gasteiger partial charge < -0.3 is 0 Å². The molecule has 0 rings (SSSR count). The Kier molecular flexibility index (Phi) is 172. The minimum Gasteiger partial charge on any atom is 0 e. The van der Waals surface area contributed by atoms with Gasteiger partial charge in [-0.05, 0) is 0 Å². The summed E-state index contributed by atoms with van der Waals surface area (Å²) in [7, 11) is 0. The third kappa shape index (κ3) is 17.9. The van der Waals surface area contributed by atoms with E-state index in [1.54, 1.807) is 0 Å².